The first-order valence-corrected chi connectivity index (χ1v) is 13.2. The number of hydrogen-bond acceptors (Lipinski definition) is 4. The molecule has 1 aromatic heterocycles. The third-order valence-electron chi connectivity index (χ3n) is 6.48. The average molecular weight is 478 g/mol. The number of carbonyl (C=O) groups excluding carboxylic acids is 1. The van der Waals surface area contributed by atoms with Gasteiger partial charge in [-0.15, -0.1) is 0 Å². The Kier molecular flexibility index (Phi) is 5.69. The summed E-state index contributed by atoms with van der Waals surface area (Å²) in [4.78, 5) is 15.5. The van der Waals surface area contributed by atoms with E-state index >= 15 is 0 Å². The highest BCUT2D eigenvalue weighted by Crippen LogP contribution is 2.39. The number of carbonyl (C=O) groups is 1. The van der Waals surface area contributed by atoms with Crippen LogP contribution in [0.5, 0.6) is 5.75 Å². The van der Waals surface area contributed by atoms with Gasteiger partial charge in [0, 0.05) is 23.5 Å². The number of benzene rings is 3. The van der Waals surface area contributed by atoms with Crippen molar-refractivity contribution in [2.24, 2.45) is 0 Å². The zero-order valence-electron chi connectivity index (χ0n) is 19.2. The number of nitrogens with zero attached hydrogens (tertiary/aromatic N) is 2. The number of fused-ring (bicyclic) bond motifs is 2. The molecule has 1 aliphatic rings. The number of amides is 1. The van der Waals surface area contributed by atoms with Crippen molar-refractivity contribution in [3.8, 4) is 5.75 Å². The van der Waals surface area contributed by atoms with Gasteiger partial charge in [0.15, 0.2) is 0 Å². The lowest BCUT2D eigenvalue weighted by Gasteiger charge is -2.27. The third-order valence-corrected chi connectivity index (χ3v) is 7.08. The maximum absolute atomic E-state index is 13.5. The van der Waals surface area contributed by atoms with E-state index in [1.165, 1.54) is 0 Å². The predicted molar refractivity (Wildman–Crippen MR) is 135 cm³/mol. The van der Waals surface area contributed by atoms with Gasteiger partial charge in [0.25, 0.3) is 0 Å². The molecule has 34 heavy (non-hydrogen) atoms. The van der Waals surface area contributed by atoms with Gasteiger partial charge in [-0.3, -0.25) is 9.52 Å². The van der Waals surface area contributed by atoms with Crippen molar-refractivity contribution in [3.05, 3.63) is 72.4 Å². The lowest BCUT2D eigenvalue weighted by molar-refractivity contribution is -0.132. The second-order valence-electron chi connectivity index (χ2n) is 8.70. The van der Waals surface area contributed by atoms with E-state index in [1.807, 2.05) is 52.1 Å². The minimum atomic E-state index is -3.40. The van der Waals surface area contributed by atoms with Crippen molar-refractivity contribution < 1.29 is 17.9 Å². The quantitative estimate of drug-likeness (QED) is 0.442. The molecule has 0 saturated carbocycles. The van der Waals surface area contributed by atoms with Crippen LogP contribution in [0, 0.1) is 0 Å². The third kappa shape index (κ3) is 4.09. The minimum absolute atomic E-state index is 0.00703. The number of anilines is 1. The van der Waals surface area contributed by atoms with Crippen molar-refractivity contribution in [3.63, 3.8) is 0 Å². The molecule has 176 valence electrons. The SMILES string of the molecule is COc1ccc([C@H]2CCCN2C(=O)Cn2ccc3c(NS(C)(=O)=O)cccc32)c2ccccc12. The fourth-order valence-corrected chi connectivity index (χ4v) is 5.62. The predicted octanol–water partition coefficient (Wildman–Crippen LogP) is 4.54. The number of hydrogen-bond donors (Lipinski definition) is 1. The molecule has 0 bridgehead atoms. The zero-order chi connectivity index (χ0) is 23.9. The first kappa shape index (κ1) is 22.3. The summed E-state index contributed by atoms with van der Waals surface area (Å²) in [7, 11) is -1.73. The summed E-state index contributed by atoms with van der Waals surface area (Å²) in [6.07, 6.45) is 4.83. The minimum Gasteiger partial charge on any atom is -0.496 e. The normalized spacial score (nSPS) is 16.3. The highest BCUT2D eigenvalue weighted by atomic mass is 32.2. The Morgan fingerprint density at radius 1 is 1.03 bits per heavy atom. The van der Waals surface area contributed by atoms with Crippen LogP contribution in [0.2, 0.25) is 0 Å². The largest absolute Gasteiger partial charge is 0.496 e. The molecule has 1 amide bonds. The Labute approximate surface area is 199 Å². The van der Waals surface area contributed by atoms with Crippen molar-refractivity contribution in [1.29, 1.82) is 0 Å². The summed E-state index contributed by atoms with van der Waals surface area (Å²) in [6.45, 7) is 0.903. The van der Waals surface area contributed by atoms with Gasteiger partial charge >= 0.3 is 0 Å². The van der Waals surface area contributed by atoms with Gasteiger partial charge in [0.05, 0.1) is 30.6 Å². The number of rotatable bonds is 6. The van der Waals surface area contributed by atoms with Crippen LogP contribution in [0.1, 0.15) is 24.4 Å². The first-order chi connectivity index (χ1) is 16.4. The molecule has 1 aliphatic heterocycles. The average Bonchev–Trinajstić information content (AvgIpc) is 3.45. The van der Waals surface area contributed by atoms with Gasteiger partial charge in [0.2, 0.25) is 15.9 Å². The second kappa shape index (κ2) is 8.68. The van der Waals surface area contributed by atoms with Gasteiger partial charge < -0.3 is 14.2 Å². The summed E-state index contributed by atoms with van der Waals surface area (Å²) in [6, 6.07) is 19.5. The van der Waals surface area contributed by atoms with Gasteiger partial charge in [0.1, 0.15) is 12.3 Å². The molecule has 3 aromatic carbocycles. The molecule has 0 spiro atoms. The zero-order valence-corrected chi connectivity index (χ0v) is 20.0. The Morgan fingerprint density at radius 2 is 1.82 bits per heavy atom. The van der Waals surface area contributed by atoms with E-state index < -0.39 is 10.0 Å². The molecule has 2 heterocycles. The molecule has 4 aromatic rings. The second-order valence-corrected chi connectivity index (χ2v) is 10.5. The number of sulfonamides is 1. The fourth-order valence-electron chi connectivity index (χ4n) is 5.04. The van der Waals surface area contributed by atoms with Crippen molar-refractivity contribution in [2.75, 3.05) is 24.6 Å². The van der Waals surface area contributed by atoms with Crippen LogP contribution < -0.4 is 9.46 Å². The van der Waals surface area contributed by atoms with Crippen LogP contribution in [0.25, 0.3) is 21.7 Å². The van der Waals surface area contributed by atoms with Crippen LogP contribution >= 0.6 is 0 Å². The highest BCUT2D eigenvalue weighted by Gasteiger charge is 2.31. The Balaban J connectivity index is 1.45. The van der Waals surface area contributed by atoms with E-state index in [2.05, 4.69) is 16.9 Å². The molecule has 1 fully saturated rings. The van der Waals surface area contributed by atoms with Gasteiger partial charge in [-0.2, -0.15) is 0 Å². The number of methoxy groups -OCH3 is 1. The molecule has 7 nitrogen and oxygen atoms in total. The van der Waals surface area contributed by atoms with Gasteiger partial charge in [-0.1, -0.05) is 36.4 Å². The lowest BCUT2D eigenvalue weighted by Crippen LogP contribution is -2.33. The van der Waals surface area contributed by atoms with Crippen molar-refractivity contribution in [1.82, 2.24) is 9.47 Å². The summed E-state index contributed by atoms with van der Waals surface area (Å²) in [5, 5.41) is 2.92. The highest BCUT2D eigenvalue weighted by molar-refractivity contribution is 7.92. The number of likely N-dealkylation sites (tertiary alicyclic amines) is 1. The number of aromatic nitrogens is 1. The van der Waals surface area contributed by atoms with Crippen molar-refractivity contribution >= 4 is 43.3 Å². The molecule has 1 N–H and O–H groups in total. The molecule has 0 radical (unpaired) electrons. The topological polar surface area (TPSA) is 80.6 Å². The van der Waals surface area contributed by atoms with Crippen molar-refractivity contribution in [2.45, 2.75) is 25.4 Å². The lowest BCUT2D eigenvalue weighted by atomic mass is 9.96. The number of ether oxygens (including phenoxy) is 1. The molecule has 5 rings (SSSR count). The Morgan fingerprint density at radius 3 is 2.59 bits per heavy atom. The van der Waals surface area contributed by atoms with E-state index in [-0.39, 0.29) is 18.5 Å². The van der Waals surface area contributed by atoms with E-state index in [4.69, 9.17) is 4.74 Å². The fraction of sp³-hybridized carbons (Fsp3) is 0.269. The van der Waals surface area contributed by atoms with E-state index in [1.54, 1.807) is 19.2 Å². The molecule has 1 atom stereocenters. The Hall–Kier alpha value is -3.52. The standard InChI is InChI=1S/C26H27N3O4S/c1-33-25-13-12-19(18-7-3-4-8-20(18)25)24-11-6-15-29(24)26(30)17-28-16-14-21-22(27-34(2,31)32)9-5-10-23(21)28/h3-5,7-10,12-14,16,24,27H,6,11,15,17H2,1-2H3/t24-/m1/s1. The summed E-state index contributed by atoms with van der Waals surface area (Å²) in [5.41, 5.74) is 2.46. The monoisotopic (exact) mass is 477 g/mol. The Bertz CT molecular complexity index is 1490. The van der Waals surface area contributed by atoms with Crippen LogP contribution in [-0.4, -0.2) is 43.7 Å². The van der Waals surface area contributed by atoms with Gasteiger partial charge in [-0.05, 0) is 48.1 Å². The van der Waals surface area contributed by atoms with Crippen LogP contribution in [-0.2, 0) is 21.4 Å². The van der Waals surface area contributed by atoms with Gasteiger partial charge in [-0.25, -0.2) is 8.42 Å². The van der Waals surface area contributed by atoms with E-state index in [9.17, 15) is 13.2 Å². The molecule has 8 heteroatoms. The van der Waals surface area contributed by atoms with Crippen LogP contribution in [0.3, 0.4) is 0 Å². The maximum Gasteiger partial charge on any atom is 0.243 e. The van der Waals surface area contributed by atoms with Crippen LogP contribution in [0.4, 0.5) is 5.69 Å². The molecular formula is C26H27N3O4S. The summed E-state index contributed by atoms with van der Waals surface area (Å²) in [5.74, 6) is 0.869. The maximum atomic E-state index is 13.5. The van der Waals surface area contributed by atoms with E-state index in [0.717, 1.165) is 52.1 Å². The molecule has 0 aliphatic carbocycles. The summed E-state index contributed by atoms with van der Waals surface area (Å²) < 4.78 is 33.4. The van der Waals surface area contributed by atoms with E-state index in [0.29, 0.717) is 12.2 Å². The molecule has 1 saturated heterocycles. The smallest absolute Gasteiger partial charge is 0.243 e. The van der Waals surface area contributed by atoms with Crippen LogP contribution in [0.15, 0.2) is 66.9 Å². The molecular weight excluding hydrogens is 450 g/mol. The number of nitrogens with one attached hydrogen (secondary N) is 1. The molecule has 0 unspecified atom stereocenters. The summed E-state index contributed by atoms with van der Waals surface area (Å²) >= 11 is 0. The first-order valence-electron chi connectivity index (χ1n) is 11.3.